The van der Waals surface area contributed by atoms with Crippen LogP contribution in [0.4, 0.5) is 0 Å². The Morgan fingerprint density at radius 3 is 2.33 bits per heavy atom. The number of benzene rings is 1. The van der Waals surface area contributed by atoms with Gasteiger partial charge in [-0.1, -0.05) is 19.8 Å². The molecule has 0 amide bonds. The minimum Gasteiger partial charge on any atom is -0.497 e. The first-order valence-electron chi connectivity index (χ1n) is 6.03. The molecule has 1 aromatic rings. The lowest BCUT2D eigenvalue weighted by Crippen LogP contribution is -1.99. The summed E-state index contributed by atoms with van der Waals surface area (Å²) in [6, 6.07) is 3.38. The summed E-state index contributed by atoms with van der Waals surface area (Å²) in [5.74, 6) is 0.982. The van der Waals surface area contributed by atoms with Gasteiger partial charge in [-0.05, 0) is 24.5 Å². The molecule has 1 rings (SSSR count). The van der Waals surface area contributed by atoms with Gasteiger partial charge in [0.2, 0.25) is 0 Å². The van der Waals surface area contributed by atoms with Gasteiger partial charge in [0.15, 0.2) is 10.7 Å². The van der Waals surface area contributed by atoms with E-state index >= 15 is 0 Å². The van der Waals surface area contributed by atoms with Crippen LogP contribution in [0.5, 0.6) is 11.5 Å². The third-order valence-corrected chi connectivity index (χ3v) is 3.69. The van der Waals surface area contributed by atoms with Gasteiger partial charge in [-0.25, -0.2) is 8.42 Å². The van der Waals surface area contributed by atoms with Crippen LogP contribution >= 0.6 is 0 Å². The summed E-state index contributed by atoms with van der Waals surface area (Å²) in [6.07, 6.45) is 3.86. The molecule has 0 atom stereocenters. The highest BCUT2D eigenvalue weighted by molar-refractivity contribution is 7.72. The number of ether oxygens (including phenoxy) is 2. The largest absolute Gasteiger partial charge is 0.497 e. The van der Waals surface area contributed by atoms with Crippen molar-refractivity contribution in [3.63, 3.8) is 0 Å². The Bertz CT molecular complexity index is 458. The Morgan fingerprint density at radius 2 is 1.83 bits per heavy atom. The minimum absolute atomic E-state index is 0.282. The highest BCUT2D eigenvalue weighted by Crippen LogP contribution is 2.31. The van der Waals surface area contributed by atoms with Gasteiger partial charge in [-0.15, -0.1) is 0 Å². The molecule has 0 radical (unpaired) electrons. The van der Waals surface area contributed by atoms with E-state index in [0.29, 0.717) is 11.5 Å². The molecule has 0 saturated heterocycles. The van der Waals surface area contributed by atoms with E-state index in [2.05, 4.69) is 6.92 Å². The summed E-state index contributed by atoms with van der Waals surface area (Å²) in [5.41, 5.74) is 0.774. The van der Waals surface area contributed by atoms with E-state index in [9.17, 15) is 8.42 Å². The second kappa shape index (κ2) is 7.26. The summed E-state index contributed by atoms with van der Waals surface area (Å²) < 4.78 is 33.0. The van der Waals surface area contributed by atoms with E-state index in [0.717, 1.165) is 31.2 Å². The molecule has 0 aromatic heterocycles. The van der Waals surface area contributed by atoms with Crippen molar-refractivity contribution in [1.29, 1.82) is 0 Å². The highest BCUT2D eigenvalue weighted by Gasteiger charge is 2.14. The SMILES string of the molecule is CCCCCc1cc(OC)cc(OC)c1[SH](=O)=O. The number of methoxy groups -OCH3 is 2. The van der Waals surface area contributed by atoms with Crippen LogP contribution in [0.15, 0.2) is 17.0 Å². The lowest BCUT2D eigenvalue weighted by molar-refractivity contribution is 0.384. The number of unbranched alkanes of at least 4 members (excludes halogenated alkanes) is 2. The fraction of sp³-hybridized carbons (Fsp3) is 0.538. The molecule has 0 aliphatic rings. The van der Waals surface area contributed by atoms with Gasteiger partial charge in [0.25, 0.3) is 0 Å². The Balaban J connectivity index is 3.17. The van der Waals surface area contributed by atoms with E-state index in [-0.39, 0.29) is 4.90 Å². The number of hydrogen-bond donors (Lipinski definition) is 1. The fourth-order valence-electron chi connectivity index (χ4n) is 1.87. The first-order chi connectivity index (χ1) is 8.63. The van der Waals surface area contributed by atoms with Crippen LogP contribution in [-0.2, 0) is 17.1 Å². The summed E-state index contributed by atoms with van der Waals surface area (Å²) >= 11 is 0. The predicted octanol–water partition coefficient (Wildman–Crippen LogP) is 2.41. The van der Waals surface area contributed by atoms with Crippen LogP contribution in [0.1, 0.15) is 31.7 Å². The van der Waals surface area contributed by atoms with Gasteiger partial charge in [0.1, 0.15) is 16.4 Å². The molecule has 4 nitrogen and oxygen atoms in total. The molecule has 18 heavy (non-hydrogen) atoms. The van der Waals surface area contributed by atoms with Crippen molar-refractivity contribution >= 4 is 10.7 Å². The van der Waals surface area contributed by atoms with E-state index in [1.165, 1.54) is 7.11 Å². The molecule has 0 N–H and O–H groups in total. The molecular weight excluding hydrogens is 252 g/mol. The highest BCUT2D eigenvalue weighted by atomic mass is 32.2. The maximum atomic E-state index is 11.4. The minimum atomic E-state index is -2.66. The molecule has 0 aliphatic carbocycles. The predicted molar refractivity (Wildman–Crippen MR) is 71.4 cm³/mol. The van der Waals surface area contributed by atoms with E-state index < -0.39 is 10.7 Å². The van der Waals surface area contributed by atoms with Crippen LogP contribution in [0.25, 0.3) is 0 Å². The zero-order chi connectivity index (χ0) is 13.5. The van der Waals surface area contributed by atoms with Crippen molar-refractivity contribution in [2.75, 3.05) is 14.2 Å². The van der Waals surface area contributed by atoms with Gasteiger partial charge in [-0.3, -0.25) is 0 Å². The molecule has 0 saturated carbocycles. The fourth-order valence-corrected chi connectivity index (χ4v) is 2.62. The average Bonchev–Trinajstić information content (AvgIpc) is 2.37. The zero-order valence-corrected chi connectivity index (χ0v) is 12.0. The Hall–Kier alpha value is -1.23. The van der Waals surface area contributed by atoms with Crippen LogP contribution in [0.3, 0.4) is 0 Å². The molecule has 0 unspecified atom stereocenters. The van der Waals surface area contributed by atoms with Gasteiger partial charge in [0.05, 0.1) is 14.2 Å². The smallest absolute Gasteiger partial charge is 0.172 e. The molecule has 0 heterocycles. The maximum absolute atomic E-state index is 11.4. The average molecular weight is 272 g/mol. The summed E-state index contributed by atoms with van der Waals surface area (Å²) in [5, 5.41) is 0. The Kier molecular flexibility index (Phi) is 5.98. The van der Waals surface area contributed by atoms with Crippen molar-refractivity contribution < 1.29 is 17.9 Å². The topological polar surface area (TPSA) is 52.6 Å². The maximum Gasteiger partial charge on any atom is 0.172 e. The standard InChI is InChI=1S/C13H20O4S/c1-4-5-6-7-10-8-11(16-2)9-12(17-3)13(10)18(14)15/h8-9,18H,4-7H2,1-3H3. The first kappa shape index (κ1) is 14.8. The van der Waals surface area contributed by atoms with Crippen LogP contribution in [0, 0.1) is 0 Å². The Morgan fingerprint density at radius 1 is 1.11 bits per heavy atom. The quantitative estimate of drug-likeness (QED) is 0.612. The van der Waals surface area contributed by atoms with E-state index in [1.807, 2.05) is 0 Å². The summed E-state index contributed by atoms with van der Waals surface area (Å²) in [4.78, 5) is 0.282. The van der Waals surface area contributed by atoms with Gasteiger partial charge in [0, 0.05) is 6.07 Å². The number of hydrogen-bond acceptors (Lipinski definition) is 4. The van der Waals surface area contributed by atoms with Crippen molar-refractivity contribution in [2.45, 2.75) is 37.5 Å². The van der Waals surface area contributed by atoms with Crippen molar-refractivity contribution in [1.82, 2.24) is 0 Å². The summed E-state index contributed by atoms with van der Waals surface area (Å²) in [6.45, 7) is 2.11. The first-order valence-corrected chi connectivity index (χ1v) is 7.21. The van der Waals surface area contributed by atoms with Crippen LogP contribution < -0.4 is 9.47 Å². The van der Waals surface area contributed by atoms with Crippen LogP contribution in [-0.4, -0.2) is 22.6 Å². The lowest BCUT2D eigenvalue weighted by Gasteiger charge is -2.12. The molecule has 0 aliphatic heterocycles. The normalized spacial score (nSPS) is 10.7. The molecular formula is C13H20O4S. The van der Waals surface area contributed by atoms with Crippen molar-refractivity contribution in [3.05, 3.63) is 17.7 Å². The molecule has 5 heteroatoms. The van der Waals surface area contributed by atoms with E-state index in [4.69, 9.17) is 9.47 Å². The van der Waals surface area contributed by atoms with Gasteiger partial charge < -0.3 is 9.47 Å². The molecule has 1 aromatic carbocycles. The zero-order valence-electron chi connectivity index (χ0n) is 11.1. The Labute approximate surface area is 110 Å². The molecule has 0 bridgehead atoms. The third kappa shape index (κ3) is 3.63. The van der Waals surface area contributed by atoms with Crippen molar-refractivity contribution in [3.8, 4) is 11.5 Å². The van der Waals surface area contributed by atoms with Gasteiger partial charge >= 0.3 is 0 Å². The number of rotatable bonds is 7. The van der Waals surface area contributed by atoms with Crippen molar-refractivity contribution in [2.24, 2.45) is 0 Å². The second-order valence-corrected chi connectivity index (χ2v) is 5.01. The molecule has 0 fully saturated rings. The number of aryl methyl sites for hydroxylation is 1. The molecule has 0 spiro atoms. The molecule has 102 valence electrons. The second-order valence-electron chi connectivity index (χ2n) is 4.05. The summed E-state index contributed by atoms with van der Waals surface area (Å²) in [7, 11) is 0.360. The van der Waals surface area contributed by atoms with Crippen LogP contribution in [0.2, 0.25) is 0 Å². The lowest BCUT2D eigenvalue weighted by atomic mass is 10.1. The monoisotopic (exact) mass is 272 g/mol. The number of thiol groups is 1. The van der Waals surface area contributed by atoms with E-state index in [1.54, 1.807) is 19.2 Å². The van der Waals surface area contributed by atoms with Gasteiger partial charge in [-0.2, -0.15) is 0 Å². The third-order valence-electron chi connectivity index (χ3n) is 2.82.